The lowest BCUT2D eigenvalue weighted by Gasteiger charge is -2.04. The van der Waals surface area contributed by atoms with Crippen LogP contribution in [0.25, 0.3) is 0 Å². The molecule has 0 aliphatic heterocycles. The standard InChI is InChI=1S/C9H6F3N/c1-2-3-8-5-4-7(6-13-8)9(10,11)12/h4-6H,1H3. The largest absolute Gasteiger partial charge is 0.417 e. The Kier molecular flexibility index (Phi) is 2.57. The van der Waals surface area contributed by atoms with E-state index in [0.29, 0.717) is 5.69 Å². The molecule has 0 N–H and O–H groups in total. The third-order valence-corrected chi connectivity index (χ3v) is 1.34. The number of hydrogen-bond acceptors (Lipinski definition) is 1. The van der Waals surface area contributed by atoms with Crippen LogP contribution in [0, 0.1) is 11.8 Å². The Hall–Kier alpha value is -1.50. The number of nitrogens with zero attached hydrogens (tertiary/aromatic N) is 1. The van der Waals surface area contributed by atoms with Gasteiger partial charge in [-0.15, -0.1) is 0 Å². The van der Waals surface area contributed by atoms with E-state index in [-0.39, 0.29) is 0 Å². The molecule has 0 fully saturated rings. The van der Waals surface area contributed by atoms with E-state index in [9.17, 15) is 13.2 Å². The molecule has 0 amide bonds. The van der Waals surface area contributed by atoms with Crippen molar-refractivity contribution in [3.05, 3.63) is 29.6 Å². The van der Waals surface area contributed by atoms with Gasteiger partial charge in [-0.2, -0.15) is 13.2 Å². The molecular formula is C9H6F3N. The predicted molar refractivity (Wildman–Crippen MR) is 41.8 cm³/mol. The van der Waals surface area contributed by atoms with Crippen LogP contribution in [0.3, 0.4) is 0 Å². The van der Waals surface area contributed by atoms with Crippen molar-refractivity contribution in [1.82, 2.24) is 4.98 Å². The number of alkyl halides is 3. The van der Waals surface area contributed by atoms with Crippen molar-refractivity contribution in [3.63, 3.8) is 0 Å². The summed E-state index contributed by atoms with van der Waals surface area (Å²) < 4.78 is 36.1. The average Bonchev–Trinajstić information content (AvgIpc) is 2.04. The zero-order chi connectivity index (χ0) is 9.90. The van der Waals surface area contributed by atoms with E-state index in [0.717, 1.165) is 12.3 Å². The third kappa shape index (κ3) is 2.48. The van der Waals surface area contributed by atoms with E-state index >= 15 is 0 Å². The third-order valence-electron chi connectivity index (χ3n) is 1.34. The molecule has 1 nitrogen and oxygen atoms in total. The lowest BCUT2D eigenvalue weighted by molar-refractivity contribution is -0.137. The highest BCUT2D eigenvalue weighted by atomic mass is 19.4. The van der Waals surface area contributed by atoms with Gasteiger partial charge in [0.2, 0.25) is 0 Å². The van der Waals surface area contributed by atoms with E-state index in [1.807, 2.05) is 0 Å². The quantitative estimate of drug-likeness (QED) is 0.566. The molecule has 0 unspecified atom stereocenters. The van der Waals surface area contributed by atoms with E-state index in [1.165, 1.54) is 6.07 Å². The zero-order valence-corrected chi connectivity index (χ0v) is 6.81. The number of rotatable bonds is 0. The molecule has 0 aromatic carbocycles. The van der Waals surface area contributed by atoms with Crippen molar-refractivity contribution in [2.45, 2.75) is 13.1 Å². The minimum Gasteiger partial charge on any atom is -0.247 e. The molecule has 0 saturated heterocycles. The van der Waals surface area contributed by atoms with Crippen LogP contribution in [0.4, 0.5) is 13.2 Å². The van der Waals surface area contributed by atoms with Gasteiger partial charge in [-0.1, -0.05) is 5.92 Å². The predicted octanol–water partition coefficient (Wildman–Crippen LogP) is 2.47. The minimum absolute atomic E-state index is 0.343. The number of halogens is 3. The summed E-state index contributed by atoms with van der Waals surface area (Å²) in [7, 11) is 0. The van der Waals surface area contributed by atoms with Crippen LogP contribution >= 0.6 is 0 Å². The summed E-state index contributed by atoms with van der Waals surface area (Å²) in [5.74, 6) is 5.11. The van der Waals surface area contributed by atoms with Gasteiger partial charge in [0.1, 0.15) is 5.69 Å². The summed E-state index contributed by atoms with van der Waals surface area (Å²) in [5.41, 5.74) is -0.412. The van der Waals surface area contributed by atoms with Crippen LogP contribution in [0.5, 0.6) is 0 Å². The van der Waals surface area contributed by atoms with Gasteiger partial charge >= 0.3 is 6.18 Å². The highest BCUT2D eigenvalue weighted by Gasteiger charge is 2.30. The second-order valence-corrected chi connectivity index (χ2v) is 2.30. The maximum absolute atomic E-state index is 12.0. The van der Waals surface area contributed by atoms with E-state index in [4.69, 9.17) is 0 Å². The highest BCUT2D eigenvalue weighted by Crippen LogP contribution is 2.28. The Morgan fingerprint density at radius 2 is 2.00 bits per heavy atom. The summed E-state index contributed by atoms with van der Waals surface area (Å²) in [4.78, 5) is 3.54. The van der Waals surface area contributed by atoms with Gasteiger partial charge in [-0.3, -0.25) is 0 Å². The lowest BCUT2D eigenvalue weighted by atomic mass is 10.2. The molecule has 0 radical (unpaired) electrons. The zero-order valence-electron chi connectivity index (χ0n) is 6.81. The molecule has 0 aliphatic rings. The van der Waals surface area contributed by atoms with Crippen molar-refractivity contribution in [2.75, 3.05) is 0 Å². The number of aromatic nitrogens is 1. The molecular weight excluding hydrogens is 179 g/mol. The molecule has 4 heteroatoms. The first-order valence-corrected chi connectivity index (χ1v) is 3.50. The Balaban J connectivity index is 2.98. The Bertz CT molecular complexity index is 340. The highest BCUT2D eigenvalue weighted by molar-refractivity contribution is 5.29. The first kappa shape index (κ1) is 9.59. The smallest absolute Gasteiger partial charge is 0.247 e. The van der Waals surface area contributed by atoms with Crippen LogP contribution < -0.4 is 0 Å². The molecule has 1 aromatic heterocycles. The molecule has 0 saturated carbocycles. The van der Waals surface area contributed by atoms with E-state index in [1.54, 1.807) is 6.92 Å². The number of hydrogen-bond donors (Lipinski definition) is 0. The van der Waals surface area contributed by atoms with Gasteiger partial charge < -0.3 is 0 Å². The average molecular weight is 185 g/mol. The lowest BCUT2D eigenvalue weighted by Crippen LogP contribution is -2.05. The molecule has 68 valence electrons. The van der Waals surface area contributed by atoms with Crippen molar-refractivity contribution >= 4 is 0 Å². The molecule has 1 heterocycles. The molecule has 1 rings (SSSR count). The van der Waals surface area contributed by atoms with Crippen LogP contribution in [-0.4, -0.2) is 4.98 Å². The summed E-state index contributed by atoms with van der Waals surface area (Å²) in [5, 5.41) is 0. The van der Waals surface area contributed by atoms with Crippen LogP contribution in [0.15, 0.2) is 18.3 Å². The van der Waals surface area contributed by atoms with Gasteiger partial charge in [0.05, 0.1) is 5.56 Å². The molecule has 13 heavy (non-hydrogen) atoms. The second-order valence-electron chi connectivity index (χ2n) is 2.30. The molecule has 0 atom stereocenters. The van der Waals surface area contributed by atoms with Gasteiger partial charge in [-0.05, 0) is 25.0 Å². The van der Waals surface area contributed by atoms with Crippen LogP contribution in [0.2, 0.25) is 0 Å². The van der Waals surface area contributed by atoms with E-state index in [2.05, 4.69) is 16.8 Å². The van der Waals surface area contributed by atoms with Gasteiger partial charge in [0, 0.05) is 6.20 Å². The van der Waals surface area contributed by atoms with Gasteiger partial charge in [0.25, 0.3) is 0 Å². The molecule has 1 aromatic rings. The van der Waals surface area contributed by atoms with Crippen LogP contribution in [0.1, 0.15) is 18.2 Å². The fraction of sp³-hybridized carbons (Fsp3) is 0.222. The molecule has 0 bridgehead atoms. The summed E-state index contributed by atoms with van der Waals surface area (Å²) in [6.07, 6.45) is -3.55. The first-order chi connectivity index (χ1) is 6.04. The van der Waals surface area contributed by atoms with Crippen LogP contribution in [-0.2, 0) is 6.18 Å². The second kappa shape index (κ2) is 3.48. The van der Waals surface area contributed by atoms with Crippen molar-refractivity contribution in [2.24, 2.45) is 0 Å². The van der Waals surface area contributed by atoms with E-state index < -0.39 is 11.7 Å². The Morgan fingerprint density at radius 3 is 2.38 bits per heavy atom. The minimum atomic E-state index is -4.33. The Labute approximate surface area is 73.6 Å². The monoisotopic (exact) mass is 185 g/mol. The Morgan fingerprint density at radius 1 is 1.31 bits per heavy atom. The van der Waals surface area contributed by atoms with Crippen molar-refractivity contribution in [1.29, 1.82) is 0 Å². The topological polar surface area (TPSA) is 12.9 Å². The summed E-state index contributed by atoms with van der Waals surface area (Å²) >= 11 is 0. The fourth-order valence-corrected chi connectivity index (χ4v) is 0.764. The van der Waals surface area contributed by atoms with Crippen molar-refractivity contribution in [3.8, 4) is 11.8 Å². The maximum atomic E-state index is 12.0. The molecule has 0 spiro atoms. The SMILES string of the molecule is CC#Cc1ccc(C(F)(F)F)cn1. The maximum Gasteiger partial charge on any atom is 0.417 e. The van der Waals surface area contributed by atoms with Crippen molar-refractivity contribution < 1.29 is 13.2 Å². The fourth-order valence-electron chi connectivity index (χ4n) is 0.764. The summed E-state index contributed by atoms with van der Waals surface area (Å²) in [6, 6.07) is 2.21. The van der Waals surface area contributed by atoms with Gasteiger partial charge in [0.15, 0.2) is 0 Å². The number of pyridine rings is 1. The molecule has 0 aliphatic carbocycles. The normalized spacial score (nSPS) is 10.5. The van der Waals surface area contributed by atoms with Gasteiger partial charge in [-0.25, -0.2) is 4.98 Å². The summed E-state index contributed by atoms with van der Waals surface area (Å²) in [6.45, 7) is 1.60. The first-order valence-electron chi connectivity index (χ1n) is 3.50.